The maximum Gasteiger partial charge on any atom is 0.333 e. The van der Waals surface area contributed by atoms with Crippen LogP contribution >= 0.6 is 0 Å². The van der Waals surface area contributed by atoms with Crippen LogP contribution in [0, 0.1) is 53.3 Å². The van der Waals surface area contributed by atoms with E-state index >= 15 is 0 Å². The van der Waals surface area contributed by atoms with Crippen molar-refractivity contribution in [2.24, 2.45) is 64.7 Å². The zero-order valence-electron chi connectivity index (χ0n) is 32.1. The van der Waals surface area contributed by atoms with Gasteiger partial charge in [0.15, 0.2) is 0 Å². The van der Waals surface area contributed by atoms with E-state index in [-0.39, 0.29) is 72.8 Å². The molecular weight excluding hydrogens is 676 g/mol. The number of quaternary nitrogens is 1. The van der Waals surface area contributed by atoms with Crippen molar-refractivity contribution in [2.75, 3.05) is 19.7 Å². The molecule has 2 saturated carbocycles. The van der Waals surface area contributed by atoms with Crippen molar-refractivity contribution < 1.29 is 44.4 Å². The Hall–Kier alpha value is -1.74. The number of aliphatic hydroxyl groups excluding tert-OH is 3. The first-order valence-corrected chi connectivity index (χ1v) is 20.9. The van der Waals surface area contributed by atoms with Crippen molar-refractivity contribution in [3.63, 3.8) is 0 Å². The fraction of sp³-hybridized carbons (Fsp3) is 0.854. The molecule has 4 heterocycles. The summed E-state index contributed by atoms with van der Waals surface area (Å²) in [5, 5.41) is 39.3. The lowest BCUT2D eigenvalue weighted by Gasteiger charge is -2.62. The van der Waals surface area contributed by atoms with Crippen LogP contribution in [-0.4, -0.2) is 101 Å². The van der Waals surface area contributed by atoms with Gasteiger partial charge in [-0.25, -0.2) is 4.79 Å². The number of nitrogens with one attached hydrogen (secondary N) is 1. The number of carbonyl (C=O) groups excluding carboxylic acids is 2. The Labute approximate surface area is 315 Å². The first-order valence-electron chi connectivity index (χ1n) is 20.9. The van der Waals surface area contributed by atoms with Crippen LogP contribution in [0.25, 0.3) is 0 Å². The third-order valence-electron chi connectivity index (χ3n) is 14.9. The predicted molar refractivity (Wildman–Crippen MR) is 197 cm³/mol. The Bertz CT molecular complexity index is 1370. The number of nitrogens with two attached hydrogens (primary N) is 3. The first-order chi connectivity index (χ1) is 25.4. The van der Waals surface area contributed by atoms with Gasteiger partial charge in [-0.2, -0.15) is 0 Å². The van der Waals surface area contributed by atoms with E-state index in [0.717, 1.165) is 58.0 Å². The summed E-state index contributed by atoms with van der Waals surface area (Å²) < 4.78 is 20.6. The predicted octanol–water partition coefficient (Wildman–Crippen LogP) is 1.26. The minimum Gasteiger partial charge on any atom is -0.456 e. The quantitative estimate of drug-likeness (QED) is 0.107. The van der Waals surface area contributed by atoms with Gasteiger partial charge < -0.3 is 45.9 Å². The molecule has 0 aromatic rings. The van der Waals surface area contributed by atoms with Gasteiger partial charge in [0.2, 0.25) is 0 Å². The maximum absolute atomic E-state index is 14.1. The Morgan fingerprint density at radius 3 is 2.58 bits per heavy atom. The minimum absolute atomic E-state index is 0.00533. The lowest BCUT2D eigenvalue weighted by Crippen LogP contribution is -2.95. The highest BCUT2D eigenvalue weighted by molar-refractivity contribution is 5.87. The molecule has 12 nitrogen and oxygen atoms in total. The highest BCUT2D eigenvalue weighted by Gasteiger charge is 2.65. The fourth-order valence-electron chi connectivity index (χ4n) is 11.9. The molecule has 0 radical (unpaired) electrons. The molecular formula is C41H67N4O8+. The van der Waals surface area contributed by atoms with Crippen LogP contribution in [-0.2, 0) is 23.8 Å². The molecule has 10 N–H and O–H groups in total. The molecule has 0 spiro atoms. The van der Waals surface area contributed by atoms with Gasteiger partial charge in [-0.3, -0.25) is 10.5 Å². The summed E-state index contributed by atoms with van der Waals surface area (Å²) >= 11 is 0. The van der Waals surface area contributed by atoms with E-state index in [1.54, 1.807) is 13.0 Å². The molecule has 4 aliphatic heterocycles. The third-order valence-corrected chi connectivity index (χ3v) is 14.9. The number of ketones is 1. The molecule has 6 fully saturated rings. The number of esters is 1. The SMILES string of the molecule is CC=C(C)C(=O)OC1CC2C(O)C3C(=O)CC(CO)OC3C(C3C(C4CCCC(O)C4)C=CC4C(N)NCCC43)C2OC1(C)CCC1CCC(N)[NH2+]C1. The van der Waals surface area contributed by atoms with Gasteiger partial charge >= 0.3 is 5.97 Å². The Kier molecular flexibility index (Phi) is 12.2. The number of rotatable bonds is 8. The second-order valence-electron chi connectivity index (χ2n) is 18.1. The van der Waals surface area contributed by atoms with E-state index in [2.05, 4.69) is 29.7 Å². The molecule has 0 amide bonds. The summed E-state index contributed by atoms with van der Waals surface area (Å²) in [7, 11) is 0. The topological polar surface area (TPSA) is 203 Å². The first kappa shape index (κ1) is 39.5. The number of aliphatic hydroxyl groups is 3. The van der Waals surface area contributed by atoms with E-state index in [9.17, 15) is 24.9 Å². The summed E-state index contributed by atoms with van der Waals surface area (Å²) in [4.78, 5) is 27.6. The molecule has 298 valence electrons. The maximum atomic E-state index is 14.1. The van der Waals surface area contributed by atoms with E-state index in [4.69, 9.17) is 25.7 Å². The molecule has 7 rings (SSSR count). The zero-order chi connectivity index (χ0) is 37.6. The zero-order valence-corrected chi connectivity index (χ0v) is 32.1. The van der Waals surface area contributed by atoms with E-state index in [0.29, 0.717) is 30.8 Å². The van der Waals surface area contributed by atoms with Crippen LogP contribution in [0.15, 0.2) is 23.8 Å². The van der Waals surface area contributed by atoms with Crippen LogP contribution in [0.3, 0.4) is 0 Å². The normalized spacial score (nSPS) is 49.0. The number of hydrogen-bond acceptors (Lipinski definition) is 11. The lowest BCUT2D eigenvalue weighted by molar-refractivity contribution is -0.703. The number of ether oxygens (including phenoxy) is 3. The van der Waals surface area contributed by atoms with Crippen LogP contribution in [0.4, 0.5) is 0 Å². The molecule has 12 heteroatoms. The second kappa shape index (κ2) is 16.4. The van der Waals surface area contributed by atoms with Crippen LogP contribution < -0.4 is 22.1 Å². The lowest BCUT2D eigenvalue weighted by atomic mass is 9.51. The number of carbonyl (C=O) groups is 2. The van der Waals surface area contributed by atoms with Gasteiger partial charge in [-0.1, -0.05) is 24.6 Å². The van der Waals surface area contributed by atoms with Crippen LogP contribution in [0.5, 0.6) is 0 Å². The molecule has 18 atom stereocenters. The summed E-state index contributed by atoms with van der Waals surface area (Å²) in [6.07, 6.45) is 10.7. The number of piperidine rings is 2. The Morgan fingerprint density at radius 2 is 1.87 bits per heavy atom. The highest BCUT2D eigenvalue weighted by Crippen LogP contribution is 2.58. The van der Waals surface area contributed by atoms with Crippen molar-refractivity contribution >= 4 is 11.8 Å². The summed E-state index contributed by atoms with van der Waals surface area (Å²) in [5.74, 6) is -1.04. The van der Waals surface area contributed by atoms with Gasteiger partial charge in [0.25, 0.3) is 0 Å². The van der Waals surface area contributed by atoms with Crippen LogP contribution in [0.1, 0.15) is 91.4 Å². The van der Waals surface area contributed by atoms with E-state index in [1.165, 1.54) is 0 Å². The average molecular weight is 744 g/mol. The molecule has 18 unspecified atom stereocenters. The molecule has 7 aliphatic rings. The van der Waals surface area contributed by atoms with Crippen molar-refractivity contribution in [2.45, 2.75) is 146 Å². The average Bonchev–Trinajstić information content (AvgIpc) is 3.14. The molecule has 53 heavy (non-hydrogen) atoms. The molecule has 0 aromatic heterocycles. The number of Topliss-reactive ketones (excluding diaryl/α,β-unsaturated/α-hetero) is 1. The number of fused-ring (bicyclic) bond motifs is 3. The van der Waals surface area contributed by atoms with Gasteiger partial charge in [0.1, 0.15) is 23.7 Å². The summed E-state index contributed by atoms with van der Waals surface area (Å²) in [6, 6.07) is 0. The van der Waals surface area contributed by atoms with Gasteiger partial charge in [-0.15, -0.1) is 0 Å². The largest absolute Gasteiger partial charge is 0.456 e. The van der Waals surface area contributed by atoms with Gasteiger partial charge in [-0.05, 0) is 102 Å². The standard InChI is InChI=1S/C41H66N4O8/c1-4-21(2)40(50)52-31-18-29-36(49)34-30(48)17-25(20-46)51-38(34)35(37(29)53-41(31,3)14-12-22-8-11-32(42)45-19-22)33-26(23-6-5-7-24(47)16-23)9-10-28-27(33)13-15-44-39(28)43/h4,9-10,22-29,31-39,44-47,49H,5-8,11-20,42-43H2,1-3H3/p+1. The van der Waals surface area contributed by atoms with E-state index < -0.39 is 53.9 Å². The Balaban J connectivity index is 1.31. The molecule has 0 bridgehead atoms. The van der Waals surface area contributed by atoms with Gasteiger partial charge in [0.05, 0.1) is 55.8 Å². The van der Waals surface area contributed by atoms with Gasteiger partial charge in [0, 0.05) is 42.1 Å². The smallest absolute Gasteiger partial charge is 0.333 e. The van der Waals surface area contributed by atoms with Crippen molar-refractivity contribution in [3.05, 3.63) is 23.8 Å². The summed E-state index contributed by atoms with van der Waals surface area (Å²) in [6.45, 7) is 7.07. The minimum atomic E-state index is -1.06. The molecule has 0 aromatic carbocycles. The fourth-order valence-corrected chi connectivity index (χ4v) is 11.9. The van der Waals surface area contributed by atoms with Crippen molar-refractivity contribution in [1.82, 2.24) is 5.32 Å². The highest BCUT2D eigenvalue weighted by atomic mass is 16.6. The number of hydrogen-bond donors (Lipinski definition) is 7. The van der Waals surface area contributed by atoms with Crippen molar-refractivity contribution in [3.8, 4) is 0 Å². The van der Waals surface area contributed by atoms with Crippen LogP contribution in [0.2, 0.25) is 0 Å². The van der Waals surface area contributed by atoms with E-state index in [1.807, 2.05) is 6.92 Å². The monoisotopic (exact) mass is 743 g/mol. The third kappa shape index (κ3) is 7.83. The van der Waals surface area contributed by atoms with Crippen molar-refractivity contribution in [1.29, 1.82) is 0 Å². The number of allylic oxidation sites excluding steroid dienone is 2. The Morgan fingerprint density at radius 1 is 1.08 bits per heavy atom. The molecule has 4 saturated heterocycles. The second-order valence-corrected chi connectivity index (χ2v) is 18.1. The summed E-state index contributed by atoms with van der Waals surface area (Å²) in [5.41, 5.74) is 12.6. The molecule has 3 aliphatic carbocycles.